The molecule has 1 aromatic carbocycles. The Bertz CT molecular complexity index is 891. The number of hydrogen-bond donors (Lipinski definition) is 0. The molecule has 0 N–H and O–H groups in total. The van der Waals surface area contributed by atoms with Crippen LogP contribution in [0.3, 0.4) is 0 Å². The van der Waals surface area contributed by atoms with Crippen LogP contribution in [0.5, 0.6) is 0 Å². The molecule has 1 fully saturated rings. The van der Waals surface area contributed by atoms with Crippen molar-refractivity contribution in [3.63, 3.8) is 0 Å². The molecule has 0 spiro atoms. The van der Waals surface area contributed by atoms with Gasteiger partial charge in [-0.3, -0.25) is 13.5 Å². The third-order valence-electron chi connectivity index (χ3n) is 4.07. The van der Waals surface area contributed by atoms with Crippen LogP contribution in [0.4, 0.5) is 0 Å². The number of amides is 1. The van der Waals surface area contributed by atoms with Crippen molar-refractivity contribution in [2.45, 2.75) is 32.0 Å². The molecule has 4 rings (SSSR count). The molecule has 0 bridgehead atoms. The maximum atomic E-state index is 12.7. The van der Waals surface area contributed by atoms with Crippen LogP contribution in [-0.4, -0.2) is 20.8 Å². The van der Waals surface area contributed by atoms with Crippen molar-refractivity contribution in [1.29, 1.82) is 0 Å². The Morgan fingerprint density at radius 2 is 2.09 bits per heavy atom. The minimum Gasteiger partial charge on any atom is -0.334 e. The Morgan fingerprint density at radius 3 is 2.78 bits per heavy atom. The zero-order valence-corrected chi connectivity index (χ0v) is 14.1. The number of benzene rings is 1. The zero-order valence-electron chi connectivity index (χ0n) is 12.5. The first kappa shape index (κ1) is 14.7. The summed E-state index contributed by atoms with van der Waals surface area (Å²) in [6, 6.07) is 9.91. The first-order valence-corrected chi connectivity index (χ1v) is 9.33. The van der Waals surface area contributed by atoms with Crippen molar-refractivity contribution >= 4 is 38.9 Å². The maximum absolute atomic E-state index is 12.7. The van der Waals surface area contributed by atoms with Crippen LogP contribution in [-0.2, 0) is 17.9 Å². The average Bonchev–Trinajstić information content (AvgIpc) is 3.17. The van der Waals surface area contributed by atoms with Crippen LogP contribution in [0.2, 0.25) is 0 Å². The number of carbonyl (C=O) groups is 1. The lowest BCUT2D eigenvalue weighted by Gasteiger charge is -2.21. The van der Waals surface area contributed by atoms with Gasteiger partial charge in [0.05, 0.1) is 10.1 Å². The van der Waals surface area contributed by atoms with Crippen LogP contribution in [0, 0.1) is 0 Å². The largest absolute Gasteiger partial charge is 0.334 e. The van der Waals surface area contributed by atoms with Gasteiger partial charge in [0.15, 0.2) is 0 Å². The van der Waals surface area contributed by atoms with E-state index in [1.54, 1.807) is 15.3 Å². The predicted octanol–water partition coefficient (Wildman–Crippen LogP) is 3.32. The molecular weight excluding hydrogens is 328 g/mol. The highest BCUT2D eigenvalue weighted by molar-refractivity contribution is 7.13. The average molecular weight is 344 g/mol. The first-order valence-electron chi connectivity index (χ1n) is 7.62. The van der Waals surface area contributed by atoms with Crippen LogP contribution >= 0.6 is 22.9 Å². The third kappa shape index (κ3) is 2.96. The van der Waals surface area contributed by atoms with Crippen molar-refractivity contribution in [3.8, 4) is 0 Å². The van der Waals surface area contributed by atoms with E-state index in [2.05, 4.69) is 11.4 Å². The van der Waals surface area contributed by atoms with E-state index in [0.717, 1.165) is 17.5 Å². The molecule has 2 aromatic heterocycles. The van der Waals surface area contributed by atoms with Crippen LogP contribution < -0.4 is 5.56 Å². The Morgan fingerprint density at radius 1 is 1.26 bits per heavy atom. The van der Waals surface area contributed by atoms with E-state index in [9.17, 15) is 9.59 Å². The van der Waals surface area contributed by atoms with Gasteiger partial charge in [0.2, 0.25) is 5.91 Å². The standard InChI is InChI=1S/C17H16N2O2S2/c20-16(18(13-5-6-13)9-12-7-8-22-11-12)10-19-17(21)14-3-1-2-4-15(14)23-19/h1-4,7-8,11,13H,5-6,9-10H2. The summed E-state index contributed by atoms with van der Waals surface area (Å²) in [6.45, 7) is 0.783. The molecule has 0 radical (unpaired) electrons. The van der Waals surface area contributed by atoms with Crippen molar-refractivity contribution < 1.29 is 4.79 Å². The van der Waals surface area contributed by atoms with Crippen LogP contribution in [0.25, 0.3) is 10.1 Å². The lowest BCUT2D eigenvalue weighted by molar-refractivity contribution is -0.132. The monoisotopic (exact) mass is 344 g/mol. The molecule has 0 saturated heterocycles. The second kappa shape index (κ2) is 5.94. The Kier molecular flexibility index (Phi) is 3.79. The fraction of sp³-hybridized carbons (Fsp3) is 0.294. The zero-order chi connectivity index (χ0) is 15.8. The van der Waals surface area contributed by atoms with Crippen molar-refractivity contribution in [1.82, 2.24) is 8.86 Å². The van der Waals surface area contributed by atoms with Crippen molar-refractivity contribution in [2.24, 2.45) is 0 Å². The number of rotatable bonds is 5. The summed E-state index contributed by atoms with van der Waals surface area (Å²) < 4.78 is 2.51. The van der Waals surface area contributed by atoms with Gasteiger partial charge in [0.25, 0.3) is 5.56 Å². The van der Waals surface area contributed by atoms with E-state index in [0.29, 0.717) is 18.0 Å². The molecular formula is C17H16N2O2S2. The van der Waals surface area contributed by atoms with E-state index in [1.807, 2.05) is 34.5 Å². The Balaban J connectivity index is 1.57. The Labute approximate surface area is 141 Å². The first-order chi connectivity index (χ1) is 11.2. The molecule has 118 valence electrons. The fourth-order valence-corrected chi connectivity index (χ4v) is 4.37. The number of fused-ring (bicyclic) bond motifs is 1. The van der Waals surface area contributed by atoms with E-state index in [-0.39, 0.29) is 18.0 Å². The molecule has 1 aliphatic rings. The molecule has 1 amide bonds. The fourth-order valence-electron chi connectivity index (χ4n) is 2.72. The SMILES string of the molecule is O=C(Cn1sc2ccccc2c1=O)N(Cc1ccsc1)C1CC1. The van der Waals surface area contributed by atoms with E-state index >= 15 is 0 Å². The van der Waals surface area contributed by atoms with Gasteiger partial charge >= 0.3 is 0 Å². The van der Waals surface area contributed by atoms with Gasteiger partial charge in [-0.2, -0.15) is 11.3 Å². The lowest BCUT2D eigenvalue weighted by atomic mass is 10.3. The number of thiophene rings is 1. The Hall–Kier alpha value is -1.92. The summed E-state index contributed by atoms with van der Waals surface area (Å²) in [6.07, 6.45) is 2.13. The van der Waals surface area contributed by atoms with Gasteiger partial charge in [0, 0.05) is 12.6 Å². The number of carbonyl (C=O) groups excluding carboxylic acids is 1. The highest BCUT2D eigenvalue weighted by Crippen LogP contribution is 2.29. The summed E-state index contributed by atoms with van der Waals surface area (Å²) in [7, 11) is 0. The molecule has 0 atom stereocenters. The van der Waals surface area contributed by atoms with Crippen LogP contribution in [0.1, 0.15) is 18.4 Å². The van der Waals surface area contributed by atoms with E-state index < -0.39 is 0 Å². The molecule has 2 heterocycles. The second-order valence-electron chi connectivity index (χ2n) is 5.81. The smallest absolute Gasteiger partial charge is 0.268 e. The molecule has 0 unspecified atom stereocenters. The molecule has 6 heteroatoms. The molecule has 23 heavy (non-hydrogen) atoms. The number of aromatic nitrogens is 1. The van der Waals surface area contributed by atoms with Crippen molar-refractivity contribution in [3.05, 3.63) is 57.0 Å². The minimum atomic E-state index is -0.0646. The molecule has 3 aromatic rings. The molecule has 1 aliphatic carbocycles. The van der Waals surface area contributed by atoms with E-state index in [4.69, 9.17) is 0 Å². The van der Waals surface area contributed by atoms with Gasteiger partial charge in [0.1, 0.15) is 6.54 Å². The normalized spacial score (nSPS) is 14.3. The maximum Gasteiger partial charge on any atom is 0.268 e. The van der Waals surface area contributed by atoms with Gasteiger partial charge in [-0.1, -0.05) is 23.7 Å². The number of hydrogen-bond acceptors (Lipinski definition) is 4. The summed E-state index contributed by atoms with van der Waals surface area (Å²) in [5, 5.41) is 4.80. The summed E-state index contributed by atoms with van der Waals surface area (Å²) in [4.78, 5) is 27.0. The second-order valence-corrected chi connectivity index (χ2v) is 7.66. The summed E-state index contributed by atoms with van der Waals surface area (Å²) >= 11 is 3.01. The quantitative estimate of drug-likeness (QED) is 0.712. The lowest BCUT2D eigenvalue weighted by Crippen LogP contribution is -2.36. The molecule has 0 aliphatic heterocycles. The highest BCUT2D eigenvalue weighted by atomic mass is 32.1. The predicted molar refractivity (Wildman–Crippen MR) is 94.0 cm³/mol. The van der Waals surface area contributed by atoms with Crippen LogP contribution in [0.15, 0.2) is 45.9 Å². The molecule has 1 saturated carbocycles. The summed E-state index contributed by atoms with van der Waals surface area (Å²) in [5.41, 5.74) is 1.10. The van der Waals surface area contributed by atoms with Gasteiger partial charge < -0.3 is 4.90 Å². The van der Waals surface area contributed by atoms with Gasteiger partial charge in [-0.15, -0.1) is 0 Å². The highest BCUT2D eigenvalue weighted by Gasteiger charge is 2.32. The minimum absolute atomic E-state index is 0.0346. The number of nitrogens with zero attached hydrogens (tertiary/aromatic N) is 2. The van der Waals surface area contributed by atoms with Gasteiger partial charge in [-0.25, -0.2) is 0 Å². The summed E-state index contributed by atoms with van der Waals surface area (Å²) in [5.74, 6) is 0.0346. The third-order valence-corrected chi connectivity index (χ3v) is 5.87. The van der Waals surface area contributed by atoms with Crippen molar-refractivity contribution in [2.75, 3.05) is 0 Å². The molecule has 4 nitrogen and oxygen atoms in total. The van der Waals surface area contributed by atoms with E-state index in [1.165, 1.54) is 17.1 Å². The van der Waals surface area contributed by atoms with Gasteiger partial charge in [-0.05, 0) is 47.4 Å². The topological polar surface area (TPSA) is 42.3 Å².